The molecule has 0 aliphatic carbocycles. The molecule has 1 unspecified atom stereocenters. The molecule has 1 N–H and O–H groups in total. The number of rotatable bonds is 4. The second kappa shape index (κ2) is 6.83. The molecule has 1 aromatic carbocycles. The normalized spacial score (nSPS) is 16.8. The number of fused-ring (bicyclic) bond motifs is 1. The van der Waals surface area contributed by atoms with Gasteiger partial charge >= 0.3 is 5.97 Å². The molecule has 7 heteroatoms. The number of carbonyl (C=O) groups excluding carboxylic acids is 1. The molecular formula is C20H18FN3O3. The maximum Gasteiger partial charge on any atom is 0.338 e. The number of amides is 1. The lowest BCUT2D eigenvalue weighted by molar-refractivity contribution is 0.0691. The molecule has 6 nitrogen and oxygen atoms in total. The van der Waals surface area contributed by atoms with Crippen LogP contribution in [0, 0.1) is 11.7 Å². The first-order valence-electron chi connectivity index (χ1n) is 8.75. The number of aromatic nitrogens is 2. The Kier molecular flexibility index (Phi) is 4.35. The molecule has 4 rings (SSSR count). The fourth-order valence-electron chi connectivity index (χ4n) is 3.61. The second-order valence-corrected chi connectivity index (χ2v) is 6.84. The fraction of sp³-hybridized carbons (Fsp3) is 0.250. The van der Waals surface area contributed by atoms with Crippen molar-refractivity contribution in [3.8, 4) is 0 Å². The van der Waals surface area contributed by atoms with Crippen LogP contribution in [0.15, 0.2) is 48.9 Å². The van der Waals surface area contributed by atoms with Crippen LogP contribution in [-0.2, 0) is 6.42 Å². The van der Waals surface area contributed by atoms with E-state index < -0.39 is 11.8 Å². The summed E-state index contributed by atoms with van der Waals surface area (Å²) in [6, 6.07) is 7.77. The van der Waals surface area contributed by atoms with E-state index in [0.29, 0.717) is 25.1 Å². The van der Waals surface area contributed by atoms with E-state index in [9.17, 15) is 14.0 Å². The van der Waals surface area contributed by atoms with E-state index in [2.05, 4.69) is 4.98 Å². The van der Waals surface area contributed by atoms with Gasteiger partial charge in [0.2, 0.25) is 0 Å². The lowest BCUT2D eigenvalue weighted by Gasteiger charge is -2.17. The minimum Gasteiger partial charge on any atom is -0.478 e. The van der Waals surface area contributed by atoms with Gasteiger partial charge in [-0.3, -0.25) is 4.79 Å². The third kappa shape index (κ3) is 3.40. The van der Waals surface area contributed by atoms with Crippen LogP contribution >= 0.6 is 0 Å². The smallest absolute Gasteiger partial charge is 0.338 e. The number of imidazole rings is 1. The zero-order valence-corrected chi connectivity index (χ0v) is 14.5. The Morgan fingerprint density at radius 3 is 2.93 bits per heavy atom. The third-order valence-electron chi connectivity index (χ3n) is 4.99. The molecule has 27 heavy (non-hydrogen) atoms. The number of likely N-dealkylation sites (tertiary alicyclic amines) is 1. The number of benzene rings is 1. The van der Waals surface area contributed by atoms with Gasteiger partial charge < -0.3 is 14.4 Å². The Bertz CT molecular complexity index is 1030. The molecule has 1 fully saturated rings. The molecule has 1 aliphatic rings. The summed E-state index contributed by atoms with van der Waals surface area (Å²) < 4.78 is 15.3. The van der Waals surface area contributed by atoms with Crippen molar-refractivity contribution in [1.82, 2.24) is 14.3 Å². The summed E-state index contributed by atoms with van der Waals surface area (Å²) in [4.78, 5) is 29.8. The van der Waals surface area contributed by atoms with Gasteiger partial charge in [-0.2, -0.15) is 0 Å². The van der Waals surface area contributed by atoms with E-state index >= 15 is 0 Å². The Labute approximate surface area is 154 Å². The van der Waals surface area contributed by atoms with Crippen molar-refractivity contribution in [1.29, 1.82) is 0 Å². The molecule has 2 aromatic heterocycles. The number of carboxylic acids is 1. The fourth-order valence-corrected chi connectivity index (χ4v) is 3.61. The Morgan fingerprint density at radius 2 is 2.11 bits per heavy atom. The van der Waals surface area contributed by atoms with E-state index in [1.807, 2.05) is 15.4 Å². The second-order valence-electron chi connectivity index (χ2n) is 6.84. The first-order valence-corrected chi connectivity index (χ1v) is 8.75. The van der Waals surface area contributed by atoms with Crippen LogP contribution in [0.4, 0.5) is 4.39 Å². The van der Waals surface area contributed by atoms with Gasteiger partial charge in [-0.1, -0.05) is 6.07 Å². The summed E-state index contributed by atoms with van der Waals surface area (Å²) in [6.07, 6.45) is 6.71. The van der Waals surface area contributed by atoms with Crippen molar-refractivity contribution in [3.63, 3.8) is 0 Å². The van der Waals surface area contributed by atoms with Crippen molar-refractivity contribution in [2.75, 3.05) is 13.1 Å². The van der Waals surface area contributed by atoms with Gasteiger partial charge in [-0.25, -0.2) is 14.2 Å². The standard InChI is InChI=1S/C20H18FN3O3/c21-17-3-1-13(10-16(17)20(26)27)9-14-5-7-24(11-14)19(25)15-2-4-18-22-6-8-23(18)12-15/h1-4,6,8,10,12,14H,5,7,9,11H2,(H,26,27). The van der Waals surface area contributed by atoms with Gasteiger partial charge in [0.05, 0.1) is 11.1 Å². The van der Waals surface area contributed by atoms with E-state index in [0.717, 1.165) is 17.6 Å². The number of aromatic carboxylic acids is 1. The Balaban J connectivity index is 1.44. The maximum absolute atomic E-state index is 13.5. The SMILES string of the molecule is O=C(O)c1cc(CC2CCN(C(=O)c3ccc4nccn4c3)C2)ccc1F. The highest BCUT2D eigenvalue weighted by Crippen LogP contribution is 2.24. The summed E-state index contributed by atoms with van der Waals surface area (Å²) in [6.45, 7) is 1.25. The summed E-state index contributed by atoms with van der Waals surface area (Å²) >= 11 is 0. The van der Waals surface area contributed by atoms with Crippen LogP contribution in [0.1, 0.15) is 32.7 Å². The van der Waals surface area contributed by atoms with Gasteiger partial charge in [-0.15, -0.1) is 0 Å². The topological polar surface area (TPSA) is 74.9 Å². The average Bonchev–Trinajstić information content (AvgIpc) is 3.31. The van der Waals surface area contributed by atoms with Gasteiger partial charge in [0.1, 0.15) is 11.5 Å². The van der Waals surface area contributed by atoms with Crippen molar-refractivity contribution in [2.24, 2.45) is 5.92 Å². The number of nitrogens with zero attached hydrogens (tertiary/aromatic N) is 3. The molecule has 0 spiro atoms. The number of hydrogen-bond donors (Lipinski definition) is 1. The highest BCUT2D eigenvalue weighted by Gasteiger charge is 2.27. The van der Waals surface area contributed by atoms with Crippen LogP contribution < -0.4 is 0 Å². The van der Waals surface area contributed by atoms with Crippen LogP contribution in [-0.4, -0.2) is 44.4 Å². The predicted molar refractivity (Wildman–Crippen MR) is 96.3 cm³/mol. The predicted octanol–water partition coefficient (Wildman–Crippen LogP) is 2.88. The zero-order chi connectivity index (χ0) is 19.0. The minimum atomic E-state index is -1.27. The lowest BCUT2D eigenvalue weighted by Crippen LogP contribution is -2.29. The van der Waals surface area contributed by atoms with Gasteiger partial charge in [0.15, 0.2) is 0 Å². The highest BCUT2D eigenvalue weighted by atomic mass is 19.1. The zero-order valence-electron chi connectivity index (χ0n) is 14.5. The third-order valence-corrected chi connectivity index (χ3v) is 4.99. The summed E-state index contributed by atoms with van der Waals surface area (Å²) in [5, 5.41) is 9.05. The number of carbonyl (C=O) groups is 2. The monoisotopic (exact) mass is 367 g/mol. The van der Waals surface area contributed by atoms with E-state index in [1.165, 1.54) is 12.1 Å². The van der Waals surface area contributed by atoms with Gasteiger partial charge in [0.25, 0.3) is 5.91 Å². The Hall–Kier alpha value is -3.22. The number of hydrogen-bond acceptors (Lipinski definition) is 3. The van der Waals surface area contributed by atoms with Crippen molar-refractivity contribution in [3.05, 3.63) is 71.4 Å². The molecular weight excluding hydrogens is 349 g/mol. The summed E-state index contributed by atoms with van der Waals surface area (Å²) in [5.41, 5.74) is 1.85. The number of halogens is 1. The van der Waals surface area contributed by atoms with Crippen LogP contribution in [0.5, 0.6) is 0 Å². The summed E-state index contributed by atoms with van der Waals surface area (Å²) in [7, 11) is 0. The van der Waals surface area contributed by atoms with Crippen LogP contribution in [0.25, 0.3) is 5.65 Å². The van der Waals surface area contributed by atoms with Crippen molar-refractivity contribution < 1.29 is 19.1 Å². The molecule has 3 aromatic rings. The van der Waals surface area contributed by atoms with Crippen LogP contribution in [0.3, 0.4) is 0 Å². The molecule has 1 atom stereocenters. The average molecular weight is 367 g/mol. The molecule has 1 saturated heterocycles. The minimum absolute atomic E-state index is 0.0292. The first-order chi connectivity index (χ1) is 13.0. The number of carboxylic acid groups (broad SMARTS) is 1. The number of pyridine rings is 1. The molecule has 0 radical (unpaired) electrons. The lowest BCUT2D eigenvalue weighted by atomic mass is 9.97. The molecule has 3 heterocycles. The maximum atomic E-state index is 13.5. The van der Waals surface area contributed by atoms with Gasteiger partial charge in [0, 0.05) is 31.7 Å². The molecule has 0 saturated carbocycles. The van der Waals surface area contributed by atoms with Crippen molar-refractivity contribution in [2.45, 2.75) is 12.8 Å². The Morgan fingerprint density at radius 1 is 1.26 bits per heavy atom. The molecule has 138 valence electrons. The first kappa shape index (κ1) is 17.2. The van der Waals surface area contributed by atoms with E-state index in [-0.39, 0.29) is 17.4 Å². The van der Waals surface area contributed by atoms with Crippen LogP contribution in [0.2, 0.25) is 0 Å². The van der Waals surface area contributed by atoms with E-state index in [4.69, 9.17) is 5.11 Å². The van der Waals surface area contributed by atoms with Gasteiger partial charge in [-0.05, 0) is 48.6 Å². The molecule has 1 aliphatic heterocycles. The largest absolute Gasteiger partial charge is 0.478 e. The van der Waals surface area contributed by atoms with E-state index in [1.54, 1.807) is 30.7 Å². The highest BCUT2D eigenvalue weighted by molar-refractivity contribution is 5.94. The van der Waals surface area contributed by atoms with Crippen molar-refractivity contribution >= 4 is 17.5 Å². The summed E-state index contributed by atoms with van der Waals surface area (Å²) in [5.74, 6) is -1.81. The molecule has 0 bridgehead atoms. The molecule has 1 amide bonds. The quantitative estimate of drug-likeness (QED) is 0.769.